The number of rotatable bonds is 7. The number of allylic oxidation sites excluding steroid dienone is 2. The van der Waals surface area contributed by atoms with Gasteiger partial charge in [0.25, 0.3) is 0 Å². The Labute approximate surface area is 103 Å². The van der Waals surface area contributed by atoms with Gasteiger partial charge in [0.1, 0.15) is 5.78 Å². The number of hydrogen-bond donors (Lipinski definition) is 1. The van der Waals surface area contributed by atoms with Crippen LogP contribution >= 0.6 is 0 Å². The highest BCUT2D eigenvalue weighted by atomic mass is 16.2. The van der Waals surface area contributed by atoms with Gasteiger partial charge in [-0.05, 0) is 26.3 Å². The summed E-state index contributed by atoms with van der Waals surface area (Å²) in [5.41, 5.74) is 0. The third kappa shape index (κ3) is 14.6. The van der Waals surface area contributed by atoms with Gasteiger partial charge in [-0.2, -0.15) is 0 Å². The van der Waals surface area contributed by atoms with Crippen LogP contribution in [0.4, 0.5) is 0 Å². The number of carbonyl (C=O) groups is 3. The molecule has 98 valence electrons. The molecule has 4 heteroatoms. The van der Waals surface area contributed by atoms with Gasteiger partial charge in [0.05, 0.1) is 6.54 Å². The third-order valence-corrected chi connectivity index (χ3v) is 1.71. The van der Waals surface area contributed by atoms with Crippen LogP contribution in [0.25, 0.3) is 0 Å². The fraction of sp³-hybridized carbons (Fsp3) is 0.615. The maximum Gasteiger partial charge on any atom is 0.220 e. The molecule has 1 N–H and O–H groups in total. The van der Waals surface area contributed by atoms with Crippen molar-refractivity contribution in [2.75, 3.05) is 6.54 Å². The molecule has 0 radical (unpaired) electrons. The Kier molecular flexibility index (Phi) is 13.3. The van der Waals surface area contributed by atoms with E-state index in [-0.39, 0.29) is 30.4 Å². The predicted octanol–water partition coefficient (Wildman–Crippen LogP) is 2.03. The van der Waals surface area contributed by atoms with E-state index < -0.39 is 0 Å². The van der Waals surface area contributed by atoms with Gasteiger partial charge in [0, 0.05) is 12.8 Å². The summed E-state index contributed by atoms with van der Waals surface area (Å²) in [6.07, 6.45) is 4.35. The first-order chi connectivity index (χ1) is 8.06. The van der Waals surface area contributed by atoms with E-state index in [4.69, 9.17) is 0 Å². The Morgan fingerprint density at radius 2 is 1.71 bits per heavy atom. The summed E-state index contributed by atoms with van der Waals surface area (Å²) in [4.78, 5) is 32.6. The predicted molar refractivity (Wildman–Crippen MR) is 68.7 cm³/mol. The summed E-state index contributed by atoms with van der Waals surface area (Å²) in [7, 11) is 0. The minimum absolute atomic E-state index is 0.0249. The van der Waals surface area contributed by atoms with E-state index in [0.29, 0.717) is 12.8 Å². The normalized spacial score (nSPS) is 9.41. The maximum atomic E-state index is 11.1. The molecule has 0 heterocycles. The lowest BCUT2D eigenvalue weighted by Gasteiger charge is -2.01. The van der Waals surface area contributed by atoms with E-state index >= 15 is 0 Å². The molecule has 0 fully saturated rings. The van der Waals surface area contributed by atoms with Crippen molar-refractivity contribution in [2.24, 2.45) is 0 Å². The smallest absolute Gasteiger partial charge is 0.220 e. The highest BCUT2D eigenvalue weighted by Crippen LogP contribution is 1.97. The van der Waals surface area contributed by atoms with Crippen molar-refractivity contribution in [1.82, 2.24) is 5.32 Å². The average Bonchev–Trinajstić information content (AvgIpc) is 2.29. The minimum Gasteiger partial charge on any atom is -0.349 e. The van der Waals surface area contributed by atoms with Crippen molar-refractivity contribution in [1.29, 1.82) is 0 Å². The SMILES string of the molecule is C/C=C/C(=O)CCCC(=O)NCC(C)=O.CC. The molecule has 0 saturated carbocycles. The van der Waals surface area contributed by atoms with E-state index in [0.717, 1.165) is 0 Å². The zero-order valence-electron chi connectivity index (χ0n) is 11.2. The number of Topliss-reactive ketones (excluding diaryl/α,β-unsaturated/α-hetero) is 1. The molecule has 0 unspecified atom stereocenters. The van der Waals surface area contributed by atoms with Gasteiger partial charge in [0.15, 0.2) is 5.78 Å². The minimum atomic E-state index is -0.182. The summed E-state index contributed by atoms with van der Waals surface area (Å²) >= 11 is 0. The van der Waals surface area contributed by atoms with E-state index in [9.17, 15) is 14.4 Å². The largest absolute Gasteiger partial charge is 0.349 e. The quantitative estimate of drug-likeness (QED) is 0.694. The molecule has 0 aliphatic heterocycles. The number of nitrogens with one attached hydrogen (secondary N) is 1. The van der Waals surface area contributed by atoms with Crippen LogP contribution in [0.3, 0.4) is 0 Å². The lowest BCUT2D eigenvalue weighted by atomic mass is 10.1. The van der Waals surface area contributed by atoms with E-state index in [2.05, 4.69) is 5.32 Å². The average molecular weight is 241 g/mol. The van der Waals surface area contributed by atoms with Crippen LogP contribution in [0.1, 0.15) is 47.0 Å². The summed E-state index contributed by atoms with van der Waals surface area (Å²) in [5, 5.41) is 2.47. The van der Waals surface area contributed by atoms with Gasteiger partial charge < -0.3 is 5.32 Å². The van der Waals surface area contributed by atoms with Gasteiger partial charge in [-0.25, -0.2) is 0 Å². The molecule has 4 nitrogen and oxygen atoms in total. The fourth-order valence-electron chi connectivity index (χ4n) is 1.00. The summed E-state index contributed by atoms with van der Waals surface area (Å²) in [6, 6.07) is 0. The Balaban J connectivity index is 0. The van der Waals surface area contributed by atoms with Crippen molar-refractivity contribution in [3.05, 3.63) is 12.2 Å². The number of carbonyl (C=O) groups excluding carboxylic acids is 3. The first kappa shape index (κ1) is 17.9. The van der Waals surface area contributed by atoms with E-state index in [1.165, 1.54) is 13.0 Å². The molecule has 0 atom stereocenters. The molecule has 0 rings (SSSR count). The number of ketones is 2. The molecular weight excluding hydrogens is 218 g/mol. The molecule has 0 aliphatic carbocycles. The molecule has 17 heavy (non-hydrogen) atoms. The molecule has 0 bridgehead atoms. The first-order valence-electron chi connectivity index (χ1n) is 5.98. The van der Waals surface area contributed by atoms with Crippen molar-refractivity contribution in [3.8, 4) is 0 Å². The van der Waals surface area contributed by atoms with E-state index in [1.54, 1.807) is 13.0 Å². The molecule has 0 aromatic carbocycles. The van der Waals surface area contributed by atoms with Crippen LogP contribution in [0.2, 0.25) is 0 Å². The molecular formula is C13H23NO3. The topological polar surface area (TPSA) is 63.2 Å². The van der Waals surface area contributed by atoms with Gasteiger partial charge in [0.2, 0.25) is 5.91 Å². The Morgan fingerprint density at radius 1 is 1.12 bits per heavy atom. The van der Waals surface area contributed by atoms with Crippen molar-refractivity contribution >= 4 is 17.5 Å². The van der Waals surface area contributed by atoms with E-state index in [1.807, 2.05) is 13.8 Å². The molecule has 0 aliphatic rings. The van der Waals surface area contributed by atoms with Crippen molar-refractivity contribution in [3.63, 3.8) is 0 Å². The summed E-state index contributed by atoms with van der Waals surface area (Å²) in [5.74, 6) is -0.233. The summed E-state index contributed by atoms with van der Waals surface area (Å²) < 4.78 is 0. The van der Waals surface area contributed by atoms with Crippen LogP contribution in [0, 0.1) is 0 Å². The highest BCUT2D eigenvalue weighted by molar-refractivity contribution is 5.90. The van der Waals surface area contributed by atoms with Crippen molar-refractivity contribution < 1.29 is 14.4 Å². The van der Waals surface area contributed by atoms with Gasteiger partial charge in [-0.1, -0.05) is 19.9 Å². The Hall–Kier alpha value is -1.45. The second-order valence-electron chi connectivity index (χ2n) is 3.30. The van der Waals surface area contributed by atoms with Gasteiger partial charge in [-0.15, -0.1) is 0 Å². The monoisotopic (exact) mass is 241 g/mol. The zero-order chi connectivity index (χ0) is 13.7. The third-order valence-electron chi connectivity index (χ3n) is 1.71. The molecule has 0 spiro atoms. The number of hydrogen-bond acceptors (Lipinski definition) is 3. The lowest BCUT2D eigenvalue weighted by Crippen LogP contribution is -2.27. The molecule has 0 saturated heterocycles. The van der Waals surface area contributed by atoms with Gasteiger partial charge >= 0.3 is 0 Å². The van der Waals surface area contributed by atoms with Crippen molar-refractivity contribution in [2.45, 2.75) is 47.0 Å². The second kappa shape index (κ2) is 12.6. The van der Waals surface area contributed by atoms with Crippen LogP contribution in [-0.2, 0) is 14.4 Å². The Bertz CT molecular complexity index is 270. The molecule has 1 amide bonds. The maximum absolute atomic E-state index is 11.1. The van der Waals surface area contributed by atoms with Gasteiger partial charge in [-0.3, -0.25) is 14.4 Å². The molecule has 0 aromatic rings. The zero-order valence-corrected chi connectivity index (χ0v) is 11.2. The fourth-order valence-corrected chi connectivity index (χ4v) is 1.00. The van der Waals surface area contributed by atoms with Crippen LogP contribution < -0.4 is 5.32 Å². The van der Waals surface area contributed by atoms with Crippen LogP contribution in [-0.4, -0.2) is 24.0 Å². The highest BCUT2D eigenvalue weighted by Gasteiger charge is 2.03. The van der Waals surface area contributed by atoms with Crippen LogP contribution in [0.15, 0.2) is 12.2 Å². The standard InChI is InChI=1S/C11H17NO3.C2H6/c1-3-5-10(14)6-4-7-11(15)12-8-9(2)13;1-2/h3,5H,4,6-8H2,1-2H3,(H,12,15);1-2H3/b5-3+;. The molecule has 0 aromatic heterocycles. The lowest BCUT2D eigenvalue weighted by molar-refractivity contribution is -0.124. The van der Waals surface area contributed by atoms with Crippen LogP contribution in [0.5, 0.6) is 0 Å². The Morgan fingerprint density at radius 3 is 2.18 bits per heavy atom. The second-order valence-corrected chi connectivity index (χ2v) is 3.30. The summed E-state index contributed by atoms with van der Waals surface area (Å²) in [6.45, 7) is 7.26. The first-order valence-corrected chi connectivity index (χ1v) is 5.98. The number of amides is 1.